The number of halogens is 3. The topological polar surface area (TPSA) is 32.8 Å². The molecule has 2 rings (SSSR count). The molecular formula is C22H33F3N2O2. The predicted molar refractivity (Wildman–Crippen MR) is 108 cm³/mol. The van der Waals surface area contributed by atoms with E-state index in [1.54, 1.807) is 0 Å². The van der Waals surface area contributed by atoms with Crippen molar-refractivity contribution in [1.82, 2.24) is 9.80 Å². The number of nitrogens with zero attached hydrogens (tertiary/aromatic N) is 2. The molecule has 164 valence electrons. The molecule has 0 saturated carbocycles. The second kappa shape index (κ2) is 10.4. The lowest BCUT2D eigenvalue weighted by Gasteiger charge is -2.34. The molecule has 0 spiro atoms. The van der Waals surface area contributed by atoms with Crippen LogP contribution in [0.1, 0.15) is 44.7 Å². The third-order valence-corrected chi connectivity index (χ3v) is 5.20. The first kappa shape index (κ1) is 23.7. The van der Waals surface area contributed by atoms with Gasteiger partial charge in [0, 0.05) is 45.8 Å². The monoisotopic (exact) mass is 414 g/mol. The smallest absolute Gasteiger partial charge is 0.372 e. The molecule has 0 N–H and O–H groups in total. The van der Waals surface area contributed by atoms with Gasteiger partial charge in [-0.05, 0) is 29.4 Å². The van der Waals surface area contributed by atoms with E-state index in [2.05, 4.69) is 54.7 Å². The van der Waals surface area contributed by atoms with Crippen LogP contribution in [0.4, 0.5) is 13.2 Å². The Balaban J connectivity index is 1.63. The van der Waals surface area contributed by atoms with Crippen molar-refractivity contribution < 1.29 is 22.7 Å². The van der Waals surface area contributed by atoms with E-state index in [1.807, 2.05) is 4.90 Å². The number of carbonyl (C=O) groups is 1. The van der Waals surface area contributed by atoms with Crippen molar-refractivity contribution in [3.8, 4) is 0 Å². The number of hydrogen-bond acceptors (Lipinski definition) is 3. The van der Waals surface area contributed by atoms with E-state index in [9.17, 15) is 18.0 Å². The minimum atomic E-state index is -4.26. The summed E-state index contributed by atoms with van der Waals surface area (Å²) in [5, 5.41) is 0. The second-order valence-corrected chi connectivity index (χ2v) is 8.69. The van der Waals surface area contributed by atoms with Crippen LogP contribution >= 0.6 is 0 Å². The highest BCUT2D eigenvalue weighted by Gasteiger charge is 2.27. The quantitative estimate of drug-likeness (QED) is 0.602. The molecule has 1 saturated heterocycles. The van der Waals surface area contributed by atoms with Gasteiger partial charge < -0.3 is 9.64 Å². The molecule has 4 nitrogen and oxygen atoms in total. The van der Waals surface area contributed by atoms with Crippen molar-refractivity contribution in [3.05, 3.63) is 35.4 Å². The minimum absolute atomic E-state index is 0.104. The van der Waals surface area contributed by atoms with Gasteiger partial charge >= 0.3 is 6.18 Å². The number of amides is 1. The van der Waals surface area contributed by atoms with Gasteiger partial charge in [0.25, 0.3) is 0 Å². The molecule has 0 aromatic heterocycles. The van der Waals surface area contributed by atoms with E-state index in [-0.39, 0.29) is 17.9 Å². The van der Waals surface area contributed by atoms with Crippen molar-refractivity contribution in [2.24, 2.45) is 0 Å². The summed E-state index contributed by atoms with van der Waals surface area (Å²) in [5.74, 6) is 0.165. The lowest BCUT2D eigenvalue weighted by molar-refractivity contribution is -0.174. The van der Waals surface area contributed by atoms with Crippen LogP contribution in [0, 0.1) is 0 Å². The third-order valence-electron chi connectivity index (χ3n) is 5.20. The number of ether oxygens (including phenoxy) is 1. The molecule has 1 fully saturated rings. The minimum Gasteiger partial charge on any atom is -0.372 e. The van der Waals surface area contributed by atoms with Gasteiger partial charge in [0.2, 0.25) is 5.91 Å². The third kappa shape index (κ3) is 8.74. The van der Waals surface area contributed by atoms with Gasteiger partial charge in [-0.2, -0.15) is 13.2 Å². The molecule has 1 heterocycles. The van der Waals surface area contributed by atoms with Crippen molar-refractivity contribution in [3.63, 3.8) is 0 Å². The molecule has 0 radical (unpaired) electrons. The Bertz CT molecular complexity index is 631. The van der Waals surface area contributed by atoms with E-state index in [1.165, 1.54) is 11.1 Å². The summed E-state index contributed by atoms with van der Waals surface area (Å²) in [7, 11) is 0. The molecule has 0 atom stereocenters. The molecule has 7 heteroatoms. The zero-order valence-electron chi connectivity index (χ0n) is 17.7. The Labute approximate surface area is 172 Å². The van der Waals surface area contributed by atoms with E-state index < -0.39 is 12.8 Å². The number of aryl methyl sites for hydroxylation is 1. The summed E-state index contributed by atoms with van der Waals surface area (Å²) >= 11 is 0. The molecule has 0 unspecified atom stereocenters. The first-order valence-corrected chi connectivity index (χ1v) is 10.3. The van der Waals surface area contributed by atoms with E-state index in [0.29, 0.717) is 32.5 Å². The first-order valence-electron chi connectivity index (χ1n) is 10.3. The average Bonchev–Trinajstić information content (AvgIpc) is 2.65. The summed E-state index contributed by atoms with van der Waals surface area (Å²) in [5.41, 5.74) is 2.58. The van der Waals surface area contributed by atoms with Crippen LogP contribution in [0.5, 0.6) is 0 Å². The Morgan fingerprint density at radius 3 is 2.21 bits per heavy atom. The highest BCUT2D eigenvalue weighted by Crippen LogP contribution is 2.22. The zero-order chi connectivity index (χ0) is 21.5. The summed E-state index contributed by atoms with van der Waals surface area (Å²) in [6.07, 6.45) is -2.46. The maximum absolute atomic E-state index is 12.5. The van der Waals surface area contributed by atoms with Crippen LogP contribution in [0.2, 0.25) is 0 Å². The summed E-state index contributed by atoms with van der Waals surface area (Å²) in [6, 6.07) is 8.48. The lowest BCUT2D eigenvalue weighted by Crippen LogP contribution is -2.49. The molecule has 0 aliphatic carbocycles. The van der Waals surface area contributed by atoms with Gasteiger partial charge in [0.05, 0.1) is 0 Å². The Morgan fingerprint density at radius 2 is 1.66 bits per heavy atom. The molecule has 1 aromatic rings. The number of rotatable bonds is 8. The number of carbonyl (C=O) groups excluding carboxylic acids is 1. The number of piperazine rings is 1. The van der Waals surface area contributed by atoms with Crippen molar-refractivity contribution >= 4 is 5.91 Å². The van der Waals surface area contributed by atoms with Crippen LogP contribution in [-0.4, -0.2) is 67.8 Å². The Kier molecular flexibility index (Phi) is 8.52. The number of hydrogen-bond donors (Lipinski definition) is 0. The predicted octanol–water partition coefficient (Wildman–Crippen LogP) is 4.03. The van der Waals surface area contributed by atoms with Crippen LogP contribution in [0.15, 0.2) is 24.3 Å². The van der Waals surface area contributed by atoms with Crippen LogP contribution in [0.25, 0.3) is 0 Å². The van der Waals surface area contributed by atoms with Crippen LogP contribution in [-0.2, 0) is 21.4 Å². The Morgan fingerprint density at radius 1 is 1.03 bits per heavy atom. The maximum Gasteiger partial charge on any atom is 0.411 e. The van der Waals surface area contributed by atoms with E-state index >= 15 is 0 Å². The highest BCUT2D eigenvalue weighted by molar-refractivity contribution is 5.76. The molecule has 1 aliphatic heterocycles. The van der Waals surface area contributed by atoms with Crippen molar-refractivity contribution in [2.45, 2.75) is 51.6 Å². The average molecular weight is 415 g/mol. The van der Waals surface area contributed by atoms with Crippen LogP contribution in [0.3, 0.4) is 0 Å². The molecule has 1 aliphatic rings. The summed E-state index contributed by atoms with van der Waals surface area (Å²) in [4.78, 5) is 16.5. The van der Waals surface area contributed by atoms with Gasteiger partial charge in [-0.15, -0.1) is 0 Å². The molecular weight excluding hydrogens is 381 g/mol. The summed E-state index contributed by atoms with van der Waals surface area (Å²) in [6.45, 7) is 9.01. The van der Waals surface area contributed by atoms with Gasteiger partial charge in [-0.25, -0.2) is 0 Å². The second-order valence-electron chi connectivity index (χ2n) is 8.69. The van der Waals surface area contributed by atoms with E-state index in [0.717, 1.165) is 19.5 Å². The fourth-order valence-electron chi connectivity index (χ4n) is 3.38. The molecule has 29 heavy (non-hydrogen) atoms. The molecule has 0 bridgehead atoms. The standard InChI is InChI=1S/C22H33F3N2O2/c1-21(2,3)19-8-5-18(6-9-19)7-10-20(28)27-14-12-26(13-15-27)11-4-16-29-17-22(23,24)25/h5-6,8-9H,4,7,10-17H2,1-3H3. The highest BCUT2D eigenvalue weighted by atomic mass is 19.4. The van der Waals surface area contributed by atoms with Gasteiger partial charge in [-0.1, -0.05) is 45.0 Å². The fraction of sp³-hybridized carbons (Fsp3) is 0.682. The van der Waals surface area contributed by atoms with Crippen molar-refractivity contribution in [2.75, 3.05) is 45.9 Å². The lowest BCUT2D eigenvalue weighted by atomic mass is 9.86. The maximum atomic E-state index is 12.5. The largest absolute Gasteiger partial charge is 0.411 e. The zero-order valence-corrected chi connectivity index (χ0v) is 17.7. The van der Waals surface area contributed by atoms with Crippen molar-refractivity contribution in [1.29, 1.82) is 0 Å². The fourth-order valence-corrected chi connectivity index (χ4v) is 3.38. The van der Waals surface area contributed by atoms with Gasteiger partial charge in [0.1, 0.15) is 6.61 Å². The SMILES string of the molecule is CC(C)(C)c1ccc(CCC(=O)N2CCN(CCCOCC(F)(F)F)CC2)cc1. The normalized spacial score (nSPS) is 16.3. The first-order chi connectivity index (χ1) is 13.5. The summed E-state index contributed by atoms with van der Waals surface area (Å²) < 4.78 is 40.7. The van der Waals surface area contributed by atoms with E-state index in [4.69, 9.17) is 0 Å². The van der Waals surface area contributed by atoms with Crippen LogP contribution < -0.4 is 0 Å². The molecule has 1 amide bonds. The Hall–Kier alpha value is -1.60. The van der Waals surface area contributed by atoms with Gasteiger partial charge in [0.15, 0.2) is 0 Å². The number of alkyl halides is 3. The number of benzene rings is 1. The van der Waals surface area contributed by atoms with Gasteiger partial charge in [-0.3, -0.25) is 9.69 Å². The molecule has 1 aromatic carbocycles.